The predicted octanol–water partition coefficient (Wildman–Crippen LogP) is 6.18. The van der Waals surface area contributed by atoms with Crippen LogP contribution in [-0.4, -0.2) is 45.3 Å². The summed E-state index contributed by atoms with van der Waals surface area (Å²) in [6.45, 7) is 6.13. The number of rotatable bonds is 7. The van der Waals surface area contributed by atoms with Crippen LogP contribution in [0, 0.1) is 0 Å². The Morgan fingerprint density at radius 2 is 1.56 bits per heavy atom. The van der Waals surface area contributed by atoms with Crippen LogP contribution < -0.4 is 0 Å². The summed E-state index contributed by atoms with van der Waals surface area (Å²) in [6, 6.07) is 25.1. The first-order valence-corrected chi connectivity index (χ1v) is 13.2. The number of hydrogen-bond donors (Lipinski definition) is 1. The van der Waals surface area contributed by atoms with E-state index in [2.05, 4.69) is 0 Å². The van der Waals surface area contributed by atoms with E-state index in [4.69, 9.17) is 26.2 Å². The molecule has 1 N–H and O–H groups in total. The number of esters is 1. The smallest absolute Gasteiger partial charge is 0.327 e. The molecule has 1 saturated carbocycles. The number of carbonyl (C=O) groups is 2. The van der Waals surface area contributed by atoms with Crippen LogP contribution in [0.3, 0.4) is 0 Å². The Balaban J connectivity index is 0.000000850. The van der Waals surface area contributed by atoms with Crippen molar-refractivity contribution in [3.63, 3.8) is 0 Å². The molecule has 192 valence electrons. The zero-order valence-electron chi connectivity index (χ0n) is 20.9. The number of hydrogen-bond acceptors (Lipinski definition) is 4. The lowest BCUT2D eigenvalue weighted by Crippen LogP contribution is -2.46. The molecule has 36 heavy (non-hydrogen) atoms. The Morgan fingerprint density at radius 1 is 1.06 bits per heavy atom. The highest BCUT2D eigenvalue weighted by atomic mass is 35.5. The molecule has 3 aromatic carbocycles. The summed E-state index contributed by atoms with van der Waals surface area (Å²) >= 11 is 5.98. The Hall–Kier alpha value is -3.00. The van der Waals surface area contributed by atoms with Crippen molar-refractivity contribution < 1.29 is 23.6 Å². The molecule has 0 aliphatic heterocycles. The highest BCUT2D eigenvalue weighted by Crippen LogP contribution is 2.57. The maximum Gasteiger partial charge on any atom is 0.327 e. The van der Waals surface area contributed by atoms with Crippen LogP contribution in [-0.2, 0) is 25.3 Å². The summed E-state index contributed by atoms with van der Waals surface area (Å²) in [5.41, 5.74) is 2.19. The van der Waals surface area contributed by atoms with Gasteiger partial charge in [-0.1, -0.05) is 87.0 Å². The number of nitrogens with zero attached hydrogens (tertiary/aromatic N) is 1. The number of ether oxygens (including phenoxy) is 1. The van der Waals surface area contributed by atoms with Gasteiger partial charge < -0.3 is 9.84 Å². The Labute approximate surface area is 220 Å². The third-order valence-electron chi connectivity index (χ3n) is 5.84. The molecular formula is C28H32ClNO5S. The molecule has 0 bridgehead atoms. The van der Waals surface area contributed by atoms with Gasteiger partial charge in [0.2, 0.25) is 0 Å². The molecule has 0 amide bonds. The number of likely N-dealkylation sites (N-methyl/N-ethyl adjacent to an activating group) is 1. The van der Waals surface area contributed by atoms with E-state index in [1.807, 2.05) is 99.6 Å². The maximum absolute atomic E-state index is 13.6. The molecule has 6 nitrogen and oxygen atoms in total. The fourth-order valence-corrected chi connectivity index (χ4v) is 5.75. The van der Waals surface area contributed by atoms with Crippen molar-refractivity contribution in [1.29, 1.82) is 0 Å². The first-order valence-electron chi connectivity index (χ1n) is 11.7. The normalized spacial score (nSPS) is 18.6. The van der Waals surface area contributed by atoms with Crippen LogP contribution in [0.5, 0.6) is 0 Å². The van der Waals surface area contributed by atoms with E-state index >= 15 is 0 Å². The summed E-state index contributed by atoms with van der Waals surface area (Å²) in [4.78, 5) is 21.9. The number of carbonyl (C=O) groups excluding carboxylic acids is 1. The van der Waals surface area contributed by atoms with E-state index in [0.717, 1.165) is 16.7 Å². The van der Waals surface area contributed by atoms with Gasteiger partial charge in [0.15, 0.2) is 0 Å². The second-order valence-corrected chi connectivity index (χ2v) is 9.51. The number of halogens is 1. The van der Waals surface area contributed by atoms with Gasteiger partial charge in [-0.25, -0.2) is 13.3 Å². The summed E-state index contributed by atoms with van der Waals surface area (Å²) in [7, 11) is -0.111. The molecule has 1 fully saturated rings. The monoisotopic (exact) mass is 529 g/mol. The zero-order chi connectivity index (χ0) is 26.7. The molecule has 4 rings (SSSR count). The van der Waals surface area contributed by atoms with E-state index in [9.17, 15) is 9.00 Å². The minimum Gasteiger partial charge on any atom is -0.483 e. The van der Waals surface area contributed by atoms with E-state index in [1.165, 1.54) is 7.11 Å². The van der Waals surface area contributed by atoms with Crippen LogP contribution in [0.2, 0.25) is 5.02 Å². The molecular weight excluding hydrogens is 498 g/mol. The van der Waals surface area contributed by atoms with Crippen LogP contribution >= 0.6 is 11.6 Å². The van der Waals surface area contributed by atoms with Crippen LogP contribution in [0.4, 0.5) is 0 Å². The van der Waals surface area contributed by atoms with Crippen molar-refractivity contribution >= 4 is 35.0 Å². The van der Waals surface area contributed by atoms with Crippen LogP contribution in [0.15, 0.2) is 83.8 Å². The molecule has 0 saturated heterocycles. The van der Waals surface area contributed by atoms with Gasteiger partial charge in [0.05, 0.1) is 12.0 Å². The summed E-state index contributed by atoms with van der Waals surface area (Å²) in [6.07, 6.45) is 0.589. The van der Waals surface area contributed by atoms with Gasteiger partial charge >= 0.3 is 5.97 Å². The molecule has 1 aliphatic rings. The lowest BCUT2D eigenvalue weighted by atomic mass is 10.1. The van der Waals surface area contributed by atoms with E-state index in [1.54, 1.807) is 4.31 Å². The quantitative estimate of drug-likeness (QED) is 0.292. The largest absolute Gasteiger partial charge is 0.483 e. The van der Waals surface area contributed by atoms with Gasteiger partial charge in [0, 0.05) is 17.5 Å². The van der Waals surface area contributed by atoms with Gasteiger partial charge in [-0.2, -0.15) is 0 Å². The number of carboxylic acid groups (broad SMARTS) is 1. The molecule has 3 aromatic rings. The van der Waals surface area contributed by atoms with Gasteiger partial charge in [0.1, 0.15) is 16.5 Å². The SMILES string of the molecule is CC.CCN(S(=O)c1ccc(-c2ccc(Cl)cc2)cc1)C1(C(=O)OC)CC1c1ccccc1.O=CO. The zero-order valence-corrected chi connectivity index (χ0v) is 22.5. The Morgan fingerprint density at radius 3 is 2.03 bits per heavy atom. The Kier molecular flexibility index (Phi) is 11.3. The first-order chi connectivity index (χ1) is 17.4. The number of benzene rings is 3. The number of methoxy groups -OCH3 is 1. The van der Waals surface area contributed by atoms with E-state index < -0.39 is 16.5 Å². The van der Waals surface area contributed by atoms with Crippen molar-refractivity contribution in [2.75, 3.05) is 13.7 Å². The van der Waals surface area contributed by atoms with Gasteiger partial charge in [0.25, 0.3) is 6.47 Å². The van der Waals surface area contributed by atoms with Gasteiger partial charge in [-0.15, -0.1) is 0 Å². The third-order valence-corrected chi connectivity index (χ3v) is 7.75. The predicted molar refractivity (Wildman–Crippen MR) is 144 cm³/mol. The lowest BCUT2D eigenvalue weighted by Gasteiger charge is -2.29. The molecule has 0 radical (unpaired) electrons. The summed E-state index contributed by atoms with van der Waals surface area (Å²) < 4.78 is 20.5. The lowest BCUT2D eigenvalue weighted by molar-refractivity contribution is -0.146. The first kappa shape index (κ1) is 29.2. The topological polar surface area (TPSA) is 83.9 Å². The van der Waals surface area contributed by atoms with Crippen LogP contribution in [0.1, 0.15) is 38.7 Å². The average molecular weight is 530 g/mol. The molecule has 0 aromatic heterocycles. The van der Waals surface area contributed by atoms with Gasteiger partial charge in [-0.05, 0) is 47.4 Å². The molecule has 0 spiro atoms. The molecule has 0 heterocycles. The van der Waals surface area contributed by atoms with E-state index in [0.29, 0.717) is 22.9 Å². The summed E-state index contributed by atoms with van der Waals surface area (Å²) in [5, 5.41) is 7.57. The highest BCUT2D eigenvalue weighted by molar-refractivity contribution is 7.82. The molecule has 1 aliphatic carbocycles. The van der Waals surface area contributed by atoms with E-state index in [-0.39, 0.29) is 18.4 Å². The molecule has 3 atom stereocenters. The highest BCUT2D eigenvalue weighted by Gasteiger charge is 2.66. The van der Waals surface area contributed by atoms with Crippen molar-refractivity contribution in [3.05, 3.63) is 89.4 Å². The van der Waals surface area contributed by atoms with Crippen molar-refractivity contribution in [2.24, 2.45) is 0 Å². The van der Waals surface area contributed by atoms with Crippen molar-refractivity contribution in [2.45, 2.75) is 43.5 Å². The standard InChI is InChI=1S/C25H24ClNO3S.C2H6.CH2O2/c1-3-27(25(24(28)30-2)17-23(25)20-7-5-4-6-8-20)31(29)22-15-11-19(12-16-22)18-9-13-21(26)14-10-18;1-2;2-1-3/h4-16,23H,3,17H2,1-2H3;1-2H3;1H,(H,2,3). The van der Waals surface area contributed by atoms with Gasteiger partial charge in [-0.3, -0.25) is 4.79 Å². The third kappa shape index (κ3) is 6.40. The molecule has 3 unspecified atom stereocenters. The van der Waals surface area contributed by atoms with Crippen molar-refractivity contribution in [1.82, 2.24) is 4.31 Å². The second-order valence-electron chi connectivity index (χ2n) is 7.66. The van der Waals surface area contributed by atoms with Crippen LogP contribution in [0.25, 0.3) is 11.1 Å². The summed E-state index contributed by atoms with van der Waals surface area (Å²) in [5.74, 6) is -0.382. The van der Waals surface area contributed by atoms with Crippen molar-refractivity contribution in [3.8, 4) is 11.1 Å². The Bertz CT molecular complexity index is 1140. The minimum absolute atomic E-state index is 0.0432. The fraction of sp³-hybridized carbons (Fsp3) is 0.286. The fourth-order valence-electron chi connectivity index (χ4n) is 4.19. The second kappa shape index (κ2) is 13.9. The molecule has 8 heteroatoms. The minimum atomic E-state index is -1.50. The maximum atomic E-state index is 13.6. The average Bonchev–Trinajstić information content (AvgIpc) is 3.68.